The predicted molar refractivity (Wildman–Crippen MR) is 81.3 cm³/mol. The third-order valence-corrected chi connectivity index (χ3v) is 3.62. The fourth-order valence-corrected chi connectivity index (χ4v) is 2.41. The van der Waals surface area contributed by atoms with Gasteiger partial charge in [-0.15, -0.1) is 0 Å². The van der Waals surface area contributed by atoms with Gasteiger partial charge in [-0.1, -0.05) is 11.6 Å². The van der Waals surface area contributed by atoms with Gasteiger partial charge in [-0.3, -0.25) is 14.2 Å². The van der Waals surface area contributed by atoms with E-state index in [2.05, 4.69) is 0 Å². The van der Waals surface area contributed by atoms with Gasteiger partial charge in [-0.25, -0.2) is 4.79 Å². The van der Waals surface area contributed by atoms with Crippen molar-refractivity contribution >= 4 is 23.5 Å². The lowest BCUT2D eigenvalue weighted by molar-refractivity contribution is 0.101. The maximum absolute atomic E-state index is 12.3. The minimum Gasteiger partial charge on any atom is -0.452 e. The van der Waals surface area contributed by atoms with E-state index in [-0.39, 0.29) is 17.1 Å². The topological polar surface area (TPSA) is 70.3 Å². The molecule has 112 valence electrons. The molecule has 2 heterocycles. The molecule has 1 aromatic heterocycles. The Morgan fingerprint density at radius 2 is 1.91 bits per heavy atom. The van der Waals surface area contributed by atoms with Gasteiger partial charge in [0.1, 0.15) is 5.75 Å². The summed E-state index contributed by atoms with van der Waals surface area (Å²) in [6, 6.07) is 4.72. The average molecular weight is 319 g/mol. The van der Waals surface area contributed by atoms with Gasteiger partial charge < -0.3 is 9.30 Å². The van der Waals surface area contributed by atoms with E-state index < -0.39 is 11.2 Å². The maximum Gasteiger partial charge on any atom is 0.330 e. The van der Waals surface area contributed by atoms with Crippen LogP contribution in [0.3, 0.4) is 0 Å². The van der Waals surface area contributed by atoms with E-state index in [4.69, 9.17) is 16.3 Å². The molecule has 0 atom stereocenters. The van der Waals surface area contributed by atoms with E-state index >= 15 is 0 Å². The van der Waals surface area contributed by atoms with E-state index in [0.717, 1.165) is 4.57 Å². The Morgan fingerprint density at radius 1 is 1.18 bits per heavy atom. The van der Waals surface area contributed by atoms with Crippen LogP contribution in [0.15, 0.2) is 39.7 Å². The molecule has 6 nitrogen and oxygen atoms in total. The van der Waals surface area contributed by atoms with Gasteiger partial charge in [0.15, 0.2) is 5.76 Å². The molecular weight excluding hydrogens is 308 g/mol. The Morgan fingerprint density at radius 3 is 2.64 bits per heavy atom. The van der Waals surface area contributed by atoms with Crippen LogP contribution in [-0.2, 0) is 14.1 Å². The van der Waals surface area contributed by atoms with E-state index in [1.807, 2.05) is 0 Å². The summed E-state index contributed by atoms with van der Waals surface area (Å²) >= 11 is 5.86. The smallest absolute Gasteiger partial charge is 0.330 e. The first kappa shape index (κ1) is 14.3. The van der Waals surface area contributed by atoms with Gasteiger partial charge in [0.05, 0.1) is 11.1 Å². The highest BCUT2D eigenvalue weighted by atomic mass is 35.5. The molecule has 22 heavy (non-hydrogen) atoms. The van der Waals surface area contributed by atoms with Crippen LogP contribution in [0.5, 0.6) is 5.75 Å². The fraction of sp³-hybridized carbons (Fsp3) is 0.133. The van der Waals surface area contributed by atoms with Gasteiger partial charge >= 0.3 is 5.69 Å². The number of allylic oxidation sites excluding steroid dienone is 1. The number of carbonyl (C=O) groups is 1. The van der Waals surface area contributed by atoms with Crippen LogP contribution in [0.1, 0.15) is 15.9 Å². The number of halogens is 1. The van der Waals surface area contributed by atoms with Crippen LogP contribution in [0.25, 0.3) is 6.08 Å². The number of aryl methyl sites for hydroxylation is 1. The Bertz CT molecular complexity index is 953. The van der Waals surface area contributed by atoms with Gasteiger partial charge in [0.2, 0.25) is 5.78 Å². The molecule has 0 spiro atoms. The third-order valence-electron chi connectivity index (χ3n) is 3.39. The summed E-state index contributed by atoms with van der Waals surface area (Å²) < 4.78 is 7.69. The molecular formula is C15H11ClN2O4. The number of hydrogen-bond donors (Lipinski definition) is 0. The zero-order valence-corrected chi connectivity index (χ0v) is 12.5. The summed E-state index contributed by atoms with van der Waals surface area (Å²) in [5.74, 6) is 0.0590. The highest BCUT2D eigenvalue weighted by Crippen LogP contribution is 2.33. The molecule has 0 unspecified atom stereocenters. The van der Waals surface area contributed by atoms with Crippen LogP contribution in [0, 0.1) is 0 Å². The number of Topliss-reactive ketones (excluding diaryl/α,β-unsaturated/α-hetero) is 1. The molecule has 2 aromatic rings. The third kappa shape index (κ3) is 2.17. The Balaban J connectivity index is 2.11. The van der Waals surface area contributed by atoms with E-state index in [1.165, 1.54) is 37.0 Å². The van der Waals surface area contributed by atoms with Crippen molar-refractivity contribution in [1.29, 1.82) is 0 Å². The molecule has 0 N–H and O–H groups in total. The minimum absolute atomic E-state index is 0.0213. The van der Waals surface area contributed by atoms with Gasteiger partial charge in [0.25, 0.3) is 5.56 Å². The molecule has 7 heteroatoms. The molecule has 3 rings (SSSR count). The monoisotopic (exact) mass is 318 g/mol. The lowest BCUT2D eigenvalue weighted by Gasteiger charge is -2.04. The van der Waals surface area contributed by atoms with Crippen LogP contribution >= 0.6 is 11.6 Å². The van der Waals surface area contributed by atoms with Crippen molar-refractivity contribution < 1.29 is 9.53 Å². The van der Waals surface area contributed by atoms with Gasteiger partial charge in [0, 0.05) is 25.3 Å². The zero-order valence-electron chi connectivity index (χ0n) is 11.8. The second kappa shape index (κ2) is 4.99. The standard InChI is InChI=1S/C15H11ClN2O4/c1-17-7-8(14(20)18(2)15(17)21)5-12-13(19)10-6-9(16)3-4-11(10)22-12/h3-7H,1-2H3. The quantitative estimate of drug-likeness (QED) is 0.744. The number of rotatable bonds is 1. The van der Waals surface area contributed by atoms with E-state index in [1.54, 1.807) is 12.1 Å². The Hall–Kier alpha value is -2.60. The van der Waals surface area contributed by atoms with E-state index in [9.17, 15) is 14.4 Å². The summed E-state index contributed by atoms with van der Waals surface area (Å²) in [4.78, 5) is 36.0. The SMILES string of the molecule is Cn1cc(C=C2Oc3ccc(Cl)cc3C2=O)c(=O)n(C)c1=O. The maximum atomic E-state index is 12.3. The molecule has 0 saturated heterocycles. The molecule has 1 aliphatic heterocycles. The van der Waals surface area contributed by atoms with Crippen LogP contribution in [-0.4, -0.2) is 14.9 Å². The Labute approximate surface area is 129 Å². The largest absolute Gasteiger partial charge is 0.452 e. The second-order valence-electron chi connectivity index (χ2n) is 4.92. The molecule has 1 aromatic carbocycles. The van der Waals surface area contributed by atoms with Crippen molar-refractivity contribution in [3.63, 3.8) is 0 Å². The molecule has 0 bridgehead atoms. The number of fused-ring (bicyclic) bond motifs is 1. The van der Waals surface area contributed by atoms with Crippen LogP contribution in [0.4, 0.5) is 0 Å². The molecule has 0 aliphatic carbocycles. The predicted octanol–water partition coefficient (Wildman–Crippen LogP) is 1.35. The summed E-state index contributed by atoms with van der Waals surface area (Å²) in [5.41, 5.74) is -0.408. The molecule has 0 saturated carbocycles. The second-order valence-corrected chi connectivity index (χ2v) is 5.36. The lowest BCUT2D eigenvalue weighted by Crippen LogP contribution is -2.37. The van der Waals surface area contributed by atoms with Crippen molar-refractivity contribution in [2.24, 2.45) is 14.1 Å². The Kier molecular flexibility index (Phi) is 3.26. The lowest BCUT2D eigenvalue weighted by atomic mass is 10.1. The number of carbonyl (C=O) groups excluding carboxylic acids is 1. The van der Waals surface area contributed by atoms with Crippen molar-refractivity contribution in [1.82, 2.24) is 9.13 Å². The highest BCUT2D eigenvalue weighted by molar-refractivity contribution is 6.31. The number of benzene rings is 1. The molecule has 0 fully saturated rings. The normalized spacial score (nSPS) is 15.0. The number of ether oxygens (including phenoxy) is 1. The molecule has 1 aliphatic rings. The number of hydrogen-bond acceptors (Lipinski definition) is 4. The van der Waals surface area contributed by atoms with Gasteiger partial charge in [-0.2, -0.15) is 0 Å². The summed E-state index contributed by atoms with van der Waals surface area (Å²) in [6.07, 6.45) is 2.70. The van der Waals surface area contributed by atoms with Crippen LogP contribution in [0.2, 0.25) is 5.02 Å². The van der Waals surface area contributed by atoms with E-state index in [0.29, 0.717) is 16.3 Å². The van der Waals surface area contributed by atoms with Crippen molar-refractivity contribution in [3.8, 4) is 5.75 Å². The van der Waals surface area contributed by atoms with Crippen molar-refractivity contribution in [2.45, 2.75) is 0 Å². The zero-order chi connectivity index (χ0) is 16.0. The first-order valence-corrected chi connectivity index (χ1v) is 6.77. The van der Waals surface area contributed by atoms with Crippen LogP contribution < -0.4 is 16.0 Å². The number of ketones is 1. The molecule has 0 radical (unpaired) electrons. The van der Waals surface area contributed by atoms with Gasteiger partial charge in [-0.05, 0) is 24.3 Å². The first-order valence-electron chi connectivity index (χ1n) is 6.39. The summed E-state index contributed by atoms with van der Waals surface area (Å²) in [6.45, 7) is 0. The minimum atomic E-state index is -0.499. The molecule has 0 amide bonds. The average Bonchev–Trinajstić information content (AvgIpc) is 2.79. The van der Waals surface area contributed by atoms with Crippen molar-refractivity contribution in [3.05, 3.63) is 67.1 Å². The summed E-state index contributed by atoms with van der Waals surface area (Å²) in [5, 5.41) is 0.426. The first-order chi connectivity index (χ1) is 10.4. The number of aromatic nitrogens is 2. The number of nitrogens with zero attached hydrogens (tertiary/aromatic N) is 2. The highest BCUT2D eigenvalue weighted by Gasteiger charge is 2.27. The van der Waals surface area contributed by atoms with Crippen molar-refractivity contribution in [2.75, 3.05) is 0 Å². The summed E-state index contributed by atoms with van der Waals surface area (Å²) in [7, 11) is 2.90. The fourth-order valence-electron chi connectivity index (χ4n) is 2.24.